The second kappa shape index (κ2) is 5.37. The van der Waals surface area contributed by atoms with Crippen molar-refractivity contribution in [2.24, 2.45) is 17.3 Å². The Hall–Kier alpha value is -0.670. The van der Waals surface area contributed by atoms with E-state index >= 15 is 0 Å². The van der Waals surface area contributed by atoms with Gasteiger partial charge in [0.15, 0.2) is 0 Å². The molecule has 0 aromatic heterocycles. The van der Waals surface area contributed by atoms with Crippen molar-refractivity contribution in [2.45, 2.75) is 70.6 Å². The molecule has 2 saturated carbocycles. The van der Waals surface area contributed by atoms with Crippen molar-refractivity contribution in [3.8, 4) is 0 Å². The van der Waals surface area contributed by atoms with E-state index in [-0.39, 0.29) is 18.8 Å². The Morgan fingerprint density at radius 2 is 1.95 bits per heavy atom. The molecule has 0 bridgehead atoms. The second-order valence-electron chi connectivity index (χ2n) is 6.63. The molecule has 2 fully saturated rings. The molecule has 4 heteroatoms. The van der Waals surface area contributed by atoms with Crippen LogP contribution in [0.4, 0.5) is 8.78 Å². The Morgan fingerprint density at radius 1 is 1.21 bits per heavy atom. The normalized spacial score (nSPS) is 38.3. The van der Waals surface area contributed by atoms with Crippen LogP contribution in [-0.4, -0.2) is 17.0 Å². The number of carboxylic acids is 1. The van der Waals surface area contributed by atoms with Gasteiger partial charge in [-0.2, -0.15) is 0 Å². The summed E-state index contributed by atoms with van der Waals surface area (Å²) in [6, 6.07) is 0. The quantitative estimate of drug-likeness (QED) is 0.820. The van der Waals surface area contributed by atoms with Crippen LogP contribution in [0.2, 0.25) is 0 Å². The molecule has 19 heavy (non-hydrogen) atoms. The first kappa shape index (κ1) is 14.7. The van der Waals surface area contributed by atoms with Crippen molar-refractivity contribution >= 4 is 5.97 Å². The van der Waals surface area contributed by atoms with E-state index in [1.165, 1.54) is 0 Å². The van der Waals surface area contributed by atoms with Crippen LogP contribution in [0.5, 0.6) is 0 Å². The lowest BCUT2D eigenvalue weighted by Gasteiger charge is -2.34. The highest BCUT2D eigenvalue weighted by Gasteiger charge is 2.48. The molecule has 0 aliphatic heterocycles. The fraction of sp³-hybridized carbons (Fsp3) is 0.933. The number of carbonyl (C=O) groups is 1. The lowest BCUT2D eigenvalue weighted by atomic mass is 9.72. The summed E-state index contributed by atoms with van der Waals surface area (Å²) in [6.07, 6.45) is 4.89. The van der Waals surface area contributed by atoms with Gasteiger partial charge in [-0.25, -0.2) is 8.78 Å². The van der Waals surface area contributed by atoms with Crippen molar-refractivity contribution in [1.29, 1.82) is 0 Å². The zero-order chi connectivity index (χ0) is 14.1. The summed E-state index contributed by atoms with van der Waals surface area (Å²) in [5, 5.41) is 9.55. The minimum Gasteiger partial charge on any atom is -0.481 e. The fourth-order valence-corrected chi connectivity index (χ4v) is 4.06. The average molecular weight is 274 g/mol. The molecule has 2 aliphatic rings. The third-order valence-corrected chi connectivity index (χ3v) is 5.16. The van der Waals surface area contributed by atoms with Crippen molar-refractivity contribution < 1.29 is 18.7 Å². The molecule has 1 N–H and O–H groups in total. The monoisotopic (exact) mass is 274 g/mol. The Bertz CT molecular complexity index is 343. The third-order valence-electron chi connectivity index (χ3n) is 5.16. The minimum atomic E-state index is -2.58. The maximum absolute atomic E-state index is 13.4. The highest BCUT2D eigenvalue weighted by molar-refractivity contribution is 5.75. The van der Waals surface area contributed by atoms with Crippen LogP contribution in [0, 0.1) is 17.3 Å². The first-order valence-electron chi connectivity index (χ1n) is 7.48. The van der Waals surface area contributed by atoms with E-state index in [9.17, 15) is 18.7 Å². The van der Waals surface area contributed by atoms with Crippen LogP contribution in [-0.2, 0) is 4.79 Å². The Labute approximate surface area is 113 Å². The Morgan fingerprint density at radius 3 is 2.47 bits per heavy atom. The molecule has 2 nitrogen and oxygen atoms in total. The van der Waals surface area contributed by atoms with E-state index in [2.05, 4.69) is 6.92 Å². The van der Waals surface area contributed by atoms with Crippen molar-refractivity contribution in [2.75, 3.05) is 0 Å². The molecule has 0 radical (unpaired) electrons. The SMILES string of the molecule is CCC1CCC(CC2CCCC(F)(F)C2)(C(=O)O)C1. The molecule has 3 unspecified atom stereocenters. The van der Waals surface area contributed by atoms with E-state index < -0.39 is 17.3 Å². The van der Waals surface area contributed by atoms with E-state index in [4.69, 9.17) is 0 Å². The molecule has 0 amide bonds. The number of alkyl halides is 2. The highest BCUT2D eigenvalue weighted by Crippen LogP contribution is 2.50. The molecular formula is C15H24F2O2. The molecule has 2 aliphatic carbocycles. The maximum atomic E-state index is 13.4. The molecule has 0 saturated heterocycles. The van der Waals surface area contributed by atoms with E-state index in [0.717, 1.165) is 19.3 Å². The topological polar surface area (TPSA) is 37.3 Å². The molecule has 0 aromatic rings. The lowest BCUT2D eigenvalue weighted by molar-refractivity contribution is -0.151. The number of halogens is 2. The number of hydrogen-bond acceptors (Lipinski definition) is 1. The van der Waals surface area contributed by atoms with Crippen LogP contribution in [0.25, 0.3) is 0 Å². The van der Waals surface area contributed by atoms with Gasteiger partial charge in [-0.05, 0) is 50.4 Å². The van der Waals surface area contributed by atoms with Crippen LogP contribution < -0.4 is 0 Å². The van der Waals surface area contributed by atoms with Crippen molar-refractivity contribution in [3.05, 3.63) is 0 Å². The molecule has 2 rings (SSSR count). The zero-order valence-electron chi connectivity index (χ0n) is 11.6. The van der Waals surface area contributed by atoms with Crippen molar-refractivity contribution in [3.63, 3.8) is 0 Å². The van der Waals surface area contributed by atoms with E-state index in [0.29, 0.717) is 31.6 Å². The summed E-state index contributed by atoms with van der Waals surface area (Å²) in [6.45, 7) is 2.08. The Balaban J connectivity index is 2.04. The van der Waals surface area contributed by atoms with Gasteiger partial charge in [0.2, 0.25) is 5.92 Å². The largest absolute Gasteiger partial charge is 0.481 e. The van der Waals surface area contributed by atoms with Gasteiger partial charge in [-0.1, -0.05) is 13.3 Å². The van der Waals surface area contributed by atoms with Crippen LogP contribution in [0.15, 0.2) is 0 Å². The smallest absolute Gasteiger partial charge is 0.309 e. The number of carboxylic acid groups (broad SMARTS) is 1. The lowest BCUT2D eigenvalue weighted by Crippen LogP contribution is -2.35. The van der Waals surface area contributed by atoms with Crippen molar-refractivity contribution in [1.82, 2.24) is 0 Å². The number of rotatable bonds is 4. The minimum absolute atomic E-state index is 0.0266. The van der Waals surface area contributed by atoms with Gasteiger partial charge in [-0.15, -0.1) is 0 Å². The average Bonchev–Trinajstić information content (AvgIpc) is 2.72. The van der Waals surface area contributed by atoms with Gasteiger partial charge in [0.05, 0.1) is 5.41 Å². The molecule has 0 heterocycles. The predicted molar refractivity (Wildman–Crippen MR) is 69.2 cm³/mol. The molecule has 0 aromatic carbocycles. The van der Waals surface area contributed by atoms with Gasteiger partial charge < -0.3 is 5.11 Å². The highest BCUT2D eigenvalue weighted by atomic mass is 19.3. The van der Waals surface area contributed by atoms with Crippen LogP contribution in [0.1, 0.15) is 64.7 Å². The molecule has 110 valence electrons. The van der Waals surface area contributed by atoms with Gasteiger partial charge >= 0.3 is 5.97 Å². The van der Waals surface area contributed by atoms with Gasteiger partial charge in [-0.3, -0.25) is 4.79 Å². The van der Waals surface area contributed by atoms with Gasteiger partial charge in [0.1, 0.15) is 0 Å². The fourth-order valence-electron chi connectivity index (χ4n) is 4.06. The molecular weight excluding hydrogens is 250 g/mol. The summed E-state index contributed by atoms with van der Waals surface area (Å²) < 4.78 is 26.9. The standard InChI is InChI=1S/C15H24F2O2/c1-2-11-5-7-14(8-11,13(18)19)9-12-4-3-6-15(16,17)10-12/h11-12H,2-10H2,1H3,(H,18,19). The first-order valence-corrected chi connectivity index (χ1v) is 7.48. The summed E-state index contributed by atoms with van der Waals surface area (Å²) in [4.78, 5) is 11.6. The predicted octanol–water partition coefficient (Wildman–Crippen LogP) is 4.48. The molecule has 3 atom stereocenters. The van der Waals surface area contributed by atoms with E-state index in [1.54, 1.807) is 0 Å². The Kier molecular flexibility index (Phi) is 4.17. The van der Waals surface area contributed by atoms with Crippen LogP contribution in [0.3, 0.4) is 0 Å². The summed E-state index contributed by atoms with van der Waals surface area (Å²) >= 11 is 0. The van der Waals surface area contributed by atoms with Gasteiger partial charge in [0, 0.05) is 12.8 Å². The first-order chi connectivity index (χ1) is 8.87. The van der Waals surface area contributed by atoms with Gasteiger partial charge in [0.25, 0.3) is 0 Å². The number of aliphatic carboxylic acids is 1. The van der Waals surface area contributed by atoms with E-state index in [1.807, 2.05) is 0 Å². The summed E-state index contributed by atoms with van der Waals surface area (Å²) in [5.74, 6) is -3.00. The maximum Gasteiger partial charge on any atom is 0.309 e. The zero-order valence-corrected chi connectivity index (χ0v) is 11.6. The summed E-state index contributed by atoms with van der Waals surface area (Å²) in [5.41, 5.74) is -0.723. The third kappa shape index (κ3) is 3.26. The second-order valence-corrected chi connectivity index (χ2v) is 6.63. The number of hydrogen-bond donors (Lipinski definition) is 1. The summed E-state index contributed by atoms with van der Waals surface area (Å²) in [7, 11) is 0. The molecule has 0 spiro atoms. The van der Waals surface area contributed by atoms with Crippen LogP contribution >= 0.6 is 0 Å².